The van der Waals surface area contributed by atoms with Gasteiger partial charge in [0.25, 0.3) is 5.91 Å². The van der Waals surface area contributed by atoms with Gasteiger partial charge in [0.05, 0.1) is 16.3 Å². The van der Waals surface area contributed by atoms with Crippen LogP contribution in [-0.4, -0.2) is 22.4 Å². The number of fused-ring (bicyclic) bond motifs is 1. The van der Waals surface area contributed by atoms with Gasteiger partial charge in [0, 0.05) is 53.6 Å². The number of pyridine rings is 2. The normalized spacial score (nSPS) is 11.0. The Hall–Kier alpha value is -3.45. The van der Waals surface area contributed by atoms with Crippen LogP contribution >= 0.6 is 11.6 Å². The van der Waals surface area contributed by atoms with E-state index in [1.54, 1.807) is 24.5 Å². The van der Waals surface area contributed by atoms with Crippen LogP contribution in [0.15, 0.2) is 61.1 Å². The summed E-state index contributed by atoms with van der Waals surface area (Å²) in [4.78, 5) is 20.7. The molecule has 0 atom stereocenters. The number of carbonyl (C=O) groups is 1. The molecule has 0 saturated carbocycles. The maximum Gasteiger partial charge on any atom is 0.251 e. The molecule has 8 heteroatoms. The van der Waals surface area contributed by atoms with Crippen molar-refractivity contribution < 1.29 is 18.0 Å². The van der Waals surface area contributed by atoms with E-state index in [4.69, 9.17) is 11.6 Å². The number of benzene rings is 2. The van der Waals surface area contributed by atoms with Gasteiger partial charge in [-0.15, -0.1) is 0 Å². The van der Waals surface area contributed by atoms with Gasteiger partial charge in [0.2, 0.25) is 0 Å². The number of carbonyl (C=O) groups excluding carboxylic acids is 1. The molecule has 2 aromatic carbocycles. The predicted molar refractivity (Wildman–Crippen MR) is 112 cm³/mol. The summed E-state index contributed by atoms with van der Waals surface area (Å²) in [5.41, 5.74) is 0.686. The van der Waals surface area contributed by atoms with E-state index < -0.39 is 23.0 Å². The summed E-state index contributed by atoms with van der Waals surface area (Å²) in [6, 6.07) is 9.48. The third kappa shape index (κ3) is 4.36. The van der Waals surface area contributed by atoms with Crippen LogP contribution in [0, 0.1) is 17.5 Å². The average Bonchev–Trinajstić information content (AvgIpc) is 2.75. The van der Waals surface area contributed by atoms with Crippen LogP contribution in [0.4, 0.5) is 13.2 Å². The number of nitrogens with one attached hydrogen (secondary N) is 1. The van der Waals surface area contributed by atoms with E-state index >= 15 is 0 Å². The lowest BCUT2D eigenvalue weighted by molar-refractivity contribution is 0.0954. The largest absolute Gasteiger partial charge is 0.352 e. The molecule has 0 saturated heterocycles. The molecular weight excluding hydrogens is 427 g/mol. The molecule has 0 aliphatic heterocycles. The van der Waals surface area contributed by atoms with Crippen molar-refractivity contribution in [2.75, 3.05) is 6.54 Å². The third-order valence-electron chi connectivity index (χ3n) is 4.77. The number of hydrogen-bond acceptors (Lipinski definition) is 3. The second kappa shape index (κ2) is 8.73. The Morgan fingerprint density at radius 3 is 2.48 bits per heavy atom. The number of halogens is 4. The van der Waals surface area contributed by atoms with E-state index in [0.717, 1.165) is 5.56 Å². The molecule has 1 amide bonds. The van der Waals surface area contributed by atoms with E-state index in [0.29, 0.717) is 30.5 Å². The van der Waals surface area contributed by atoms with Gasteiger partial charge in [-0.05, 0) is 30.2 Å². The summed E-state index contributed by atoms with van der Waals surface area (Å²) in [5, 5.41) is 3.79. The first-order chi connectivity index (χ1) is 14.9. The fraction of sp³-hybridized carbons (Fsp3) is 0.0870. The summed E-state index contributed by atoms with van der Waals surface area (Å²) in [6.07, 6.45) is 5.24. The van der Waals surface area contributed by atoms with Gasteiger partial charge >= 0.3 is 0 Å². The predicted octanol–water partition coefficient (Wildman–Crippen LogP) is 5.34. The highest BCUT2D eigenvalue weighted by atomic mass is 35.5. The van der Waals surface area contributed by atoms with Crippen molar-refractivity contribution in [3.63, 3.8) is 0 Å². The highest BCUT2D eigenvalue weighted by Gasteiger charge is 2.19. The highest BCUT2D eigenvalue weighted by molar-refractivity contribution is 6.35. The van der Waals surface area contributed by atoms with E-state index in [2.05, 4.69) is 15.3 Å². The molecule has 0 radical (unpaired) electrons. The maximum absolute atomic E-state index is 14.4. The monoisotopic (exact) mass is 441 g/mol. The zero-order chi connectivity index (χ0) is 22.0. The van der Waals surface area contributed by atoms with E-state index in [1.807, 2.05) is 12.1 Å². The second-order valence-corrected chi connectivity index (χ2v) is 7.23. The first-order valence-corrected chi connectivity index (χ1v) is 9.72. The highest BCUT2D eigenvalue weighted by Crippen LogP contribution is 2.34. The lowest BCUT2D eigenvalue weighted by atomic mass is 10.0. The molecule has 0 spiro atoms. The molecule has 0 aliphatic rings. The zero-order valence-corrected chi connectivity index (χ0v) is 16.8. The van der Waals surface area contributed by atoms with E-state index in [9.17, 15) is 18.0 Å². The van der Waals surface area contributed by atoms with Gasteiger partial charge in [-0.3, -0.25) is 14.8 Å². The van der Waals surface area contributed by atoms with Crippen LogP contribution in [0.3, 0.4) is 0 Å². The smallest absolute Gasteiger partial charge is 0.251 e. The zero-order valence-electron chi connectivity index (χ0n) is 16.0. The molecule has 156 valence electrons. The maximum atomic E-state index is 14.4. The fourth-order valence-electron chi connectivity index (χ4n) is 3.29. The lowest BCUT2D eigenvalue weighted by Crippen LogP contribution is -2.25. The number of rotatable bonds is 5. The molecule has 0 aliphatic carbocycles. The van der Waals surface area contributed by atoms with Gasteiger partial charge in [0.15, 0.2) is 0 Å². The van der Waals surface area contributed by atoms with Crippen molar-refractivity contribution in [2.45, 2.75) is 6.42 Å². The molecule has 2 aromatic heterocycles. The van der Waals surface area contributed by atoms with Crippen molar-refractivity contribution in [3.8, 4) is 11.3 Å². The van der Waals surface area contributed by atoms with Gasteiger partial charge in [-0.2, -0.15) is 0 Å². The van der Waals surface area contributed by atoms with Crippen LogP contribution in [0.25, 0.3) is 22.0 Å². The summed E-state index contributed by atoms with van der Waals surface area (Å²) in [6.45, 7) is 0.379. The van der Waals surface area contributed by atoms with Crippen molar-refractivity contribution >= 4 is 28.3 Å². The van der Waals surface area contributed by atoms with Crippen molar-refractivity contribution in [1.29, 1.82) is 0 Å². The topological polar surface area (TPSA) is 54.9 Å². The van der Waals surface area contributed by atoms with Gasteiger partial charge in [-0.1, -0.05) is 23.7 Å². The molecule has 31 heavy (non-hydrogen) atoms. The Labute approximate surface area is 180 Å². The Bertz CT molecular complexity index is 1260. The Kier molecular flexibility index (Phi) is 5.86. The SMILES string of the molecule is O=C(NCCc1cccnc1)c1ccc2c(Cl)cnc(-c3c(F)cc(F)cc3F)c2c1. The van der Waals surface area contributed by atoms with Crippen molar-refractivity contribution in [3.05, 3.63) is 94.7 Å². The van der Waals surface area contributed by atoms with Crippen LogP contribution in [0.1, 0.15) is 15.9 Å². The Morgan fingerprint density at radius 1 is 1.00 bits per heavy atom. The summed E-state index contributed by atoms with van der Waals surface area (Å²) >= 11 is 6.19. The van der Waals surface area contributed by atoms with E-state index in [-0.39, 0.29) is 27.6 Å². The fourth-order valence-corrected chi connectivity index (χ4v) is 3.50. The number of aromatic nitrogens is 2. The Morgan fingerprint density at radius 2 is 1.77 bits per heavy atom. The van der Waals surface area contributed by atoms with Crippen LogP contribution in [0.2, 0.25) is 5.02 Å². The molecule has 0 fully saturated rings. The first-order valence-electron chi connectivity index (χ1n) is 9.34. The lowest BCUT2D eigenvalue weighted by Gasteiger charge is -2.11. The first kappa shape index (κ1) is 20.8. The van der Waals surface area contributed by atoms with Gasteiger partial charge in [0.1, 0.15) is 17.5 Å². The molecule has 0 unspecified atom stereocenters. The molecule has 2 heterocycles. The standard InChI is InChI=1S/C23H15ClF3N3O/c24-18-12-30-22(21-19(26)9-15(25)10-20(21)27)17-8-14(3-4-16(17)18)23(31)29-7-5-13-2-1-6-28-11-13/h1-4,6,8-12H,5,7H2,(H,29,31). The van der Waals surface area contributed by atoms with Crippen LogP contribution in [-0.2, 0) is 6.42 Å². The molecule has 0 bridgehead atoms. The van der Waals surface area contributed by atoms with E-state index in [1.165, 1.54) is 12.3 Å². The van der Waals surface area contributed by atoms with Crippen LogP contribution < -0.4 is 5.32 Å². The molecule has 4 rings (SSSR count). The minimum atomic E-state index is -1.10. The molecular formula is C23H15ClF3N3O. The quantitative estimate of drug-likeness (QED) is 0.455. The summed E-state index contributed by atoms with van der Waals surface area (Å²) in [7, 11) is 0. The average molecular weight is 442 g/mol. The van der Waals surface area contributed by atoms with Crippen molar-refractivity contribution in [1.82, 2.24) is 15.3 Å². The van der Waals surface area contributed by atoms with Crippen molar-refractivity contribution in [2.24, 2.45) is 0 Å². The molecule has 4 aromatic rings. The van der Waals surface area contributed by atoms with Crippen LogP contribution in [0.5, 0.6) is 0 Å². The molecule has 4 nitrogen and oxygen atoms in total. The number of hydrogen-bond donors (Lipinski definition) is 1. The minimum absolute atomic E-state index is 0.0700. The Balaban J connectivity index is 1.68. The number of amides is 1. The third-order valence-corrected chi connectivity index (χ3v) is 5.07. The summed E-state index contributed by atoms with van der Waals surface area (Å²) < 4.78 is 42.1. The molecule has 1 N–H and O–H groups in total. The minimum Gasteiger partial charge on any atom is -0.352 e. The van der Waals surface area contributed by atoms with Gasteiger partial charge in [-0.25, -0.2) is 13.2 Å². The van der Waals surface area contributed by atoms with Gasteiger partial charge < -0.3 is 5.32 Å². The summed E-state index contributed by atoms with van der Waals surface area (Å²) in [5.74, 6) is -3.60. The number of nitrogens with zero attached hydrogens (tertiary/aromatic N) is 2. The second-order valence-electron chi connectivity index (χ2n) is 6.83.